The molecule has 0 aromatic rings. The van der Waals surface area contributed by atoms with E-state index in [2.05, 4.69) is 7.79 Å². The Balaban J connectivity index is 2.82. The van der Waals surface area contributed by atoms with Crippen LogP contribution in [0.5, 0.6) is 0 Å². The van der Waals surface area contributed by atoms with Crippen molar-refractivity contribution in [2.45, 2.75) is 3.93 Å². The zero-order valence-corrected chi connectivity index (χ0v) is 10.4. The molecule has 0 fully saturated rings. The first kappa shape index (κ1) is 8.21. The summed E-state index contributed by atoms with van der Waals surface area (Å²) in [6, 6.07) is 0. The van der Waals surface area contributed by atoms with Crippen LogP contribution in [0.15, 0.2) is 2.88 Å². The Morgan fingerprint density at radius 3 is 3.12 bits per heavy atom. The molecule has 42 valence electrons. The maximum absolute atomic E-state index is 7.84. The third-order valence-electron chi connectivity index (χ3n) is 0.670. The summed E-state index contributed by atoms with van der Waals surface area (Å²) in [6.45, 7) is 0.764. The second-order valence-corrected chi connectivity index (χ2v) is 6.89. The van der Waals surface area contributed by atoms with Crippen molar-refractivity contribution in [3.05, 3.63) is 10.4 Å². The van der Waals surface area contributed by atoms with Gasteiger partial charge in [-0.05, 0) is 0 Å². The van der Waals surface area contributed by atoms with Crippen molar-refractivity contribution >= 4 is 0 Å². The van der Waals surface area contributed by atoms with Crippen LogP contribution in [-0.4, -0.2) is 13.7 Å². The van der Waals surface area contributed by atoms with Gasteiger partial charge in [0.1, 0.15) is 0 Å². The monoisotopic (exact) mass is 303 g/mol. The quantitative estimate of drug-likeness (QED) is 0.254. The Labute approximate surface area is 60.7 Å². The van der Waals surface area contributed by atoms with Crippen LogP contribution >= 0.6 is 0 Å². The molecule has 0 radical (unpaired) electrons. The van der Waals surface area contributed by atoms with Crippen LogP contribution in [0, 0.1) is 0 Å². The minimum absolute atomic E-state index is 0.764. The number of hydrogen-bond donors (Lipinski definition) is 0. The third-order valence-corrected chi connectivity index (χ3v) is 4.29. The molecule has 0 atom stereocenters. The van der Waals surface area contributed by atoms with E-state index in [-0.39, 0.29) is 0 Å². The van der Waals surface area contributed by atoms with E-state index in [1.807, 2.05) is 0 Å². The molecule has 0 aromatic heterocycles. The van der Waals surface area contributed by atoms with Gasteiger partial charge in [-0.1, -0.05) is 0 Å². The molecule has 0 heterocycles. The first-order chi connectivity index (χ1) is 3.91. The molecule has 0 saturated carbocycles. The zero-order valence-electron chi connectivity index (χ0n) is 4.87. The topological polar surface area (TPSA) is 58.0 Å². The molecule has 0 bridgehead atoms. The van der Waals surface area contributed by atoms with Crippen LogP contribution in [0.1, 0.15) is 0 Å². The van der Waals surface area contributed by atoms with Crippen molar-refractivity contribution in [2.24, 2.45) is 2.88 Å². The number of rotatable bonds is 4. The second kappa shape index (κ2) is 7.21. The van der Waals surface area contributed by atoms with Crippen LogP contribution < -0.4 is 0 Å². The molecule has 4 nitrogen and oxygen atoms in total. The van der Waals surface area contributed by atoms with E-state index in [9.17, 15) is 0 Å². The summed E-state index contributed by atoms with van der Waals surface area (Å²) in [5.41, 5.74) is 7.84. The fourth-order valence-corrected chi connectivity index (χ4v) is 2.85. The first-order valence-corrected chi connectivity index (χ1v) is 8.76. The van der Waals surface area contributed by atoms with Crippen LogP contribution in [0.2, 0.25) is 3.93 Å². The summed E-state index contributed by atoms with van der Waals surface area (Å²) in [5.74, 6) is 0. The summed E-state index contributed by atoms with van der Waals surface area (Å²) in [5, 5.41) is 0. The second-order valence-electron chi connectivity index (χ2n) is 1.30. The molecule has 0 aliphatic rings. The Kier molecular flexibility index (Phi) is 7.39. The predicted octanol–water partition coefficient (Wildman–Crippen LogP) is 1.36. The van der Waals surface area contributed by atoms with Gasteiger partial charge in [0.05, 0.1) is 0 Å². The van der Waals surface area contributed by atoms with E-state index in [1.165, 1.54) is 0 Å². The van der Waals surface area contributed by atoms with Gasteiger partial charge in [0.2, 0.25) is 0 Å². The predicted molar refractivity (Wildman–Crippen MR) is 25.8 cm³/mol. The van der Waals surface area contributed by atoms with Crippen molar-refractivity contribution in [2.75, 3.05) is 13.7 Å². The Hall–Kier alpha value is 0.205. The summed E-state index contributed by atoms with van der Waals surface area (Å²) in [6.07, 6.45) is 0. The normalized spacial score (nSPS) is 7.12. The number of azide groups is 1. The Morgan fingerprint density at radius 2 is 2.62 bits per heavy atom. The fourth-order valence-electron chi connectivity index (χ4n) is 0.324. The van der Waals surface area contributed by atoms with Crippen molar-refractivity contribution in [3.63, 3.8) is 0 Å². The molecule has 0 amide bonds. The van der Waals surface area contributed by atoms with E-state index in [4.69, 9.17) is 10.3 Å². The van der Waals surface area contributed by atoms with Gasteiger partial charge in [-0.2, -0.15) is 0 Å². The summed E-state index contributed by atoms with van der Waals surface area (Å²) in [7, 11) is 1.66. The van der Waals surface area contributed by atoms with E-state index in [0.717, 1.165) is 10.5 Å². The Morgan fingerprint density at radius 1 is 1.88 bits per heavy atom. The van der Waals surface area contributed by atoms with Crippen LogP contribution in [0.4, 0.5) is 0 Å². The first-order valence-electron chi connectivity index (χ1n) is 2.41. The minimum atomic E-state index is -1.15. The molecule has 8 heavy (non-hydrogen) atoms. The average Bonchev–Trinajstić information content (AvgIpc) is 1.81. The molecular weight excluding hydrogens is 295 g/mol. The average molecular weight is 302 g/mol. The molecule has 0 N–H and O–H groups in total. The maximum atomic E-state index is 7.84. The number of nitrogens with zero attached hydrogens (tertiary/aromatic N) is 3. The zero-order chi connectivity index (χ0) is 6.24. The molecule has 0 aliphatic carbocycles. The van der Waals surface area contributed by atoms with Gasteiger partial charge < -0.3 is 0 Å². The molecule has 0 aliphatic heterocycles. The third kappa shape index (κ3) is 6.21. The van der Waals surface area contributed by atoms with E-state index in [0.29, 0.717) is 0 Å². The van der Waals surface area contributed by atoms with Gasteiger partial charge in [0.15, 0.2) is 0 Å². The molecular formula is C3H7HgN3O. The van der Waals surface area contributed by atoms with Gasteiger partial charge in [0, 0.05) is 0 Å². The molecule has 5 heteroatoms. The number of ether oxygens (including phenoxy) is 1. The summed E-state index contributed by atoms with van der Waals surface area (Å²) >= 11 is -1.15. The van der Waals surface area contributed by atoms with Gasteiger partial charge in [0.25, 0.3) is 0 Å². The molecule has 0 rings (SSSR count). The van der Waals surface area contributed by atoms with Crippen LogP contribution in [0.25, 0.3) is 10.4 Å². The Bertz CT molecular complexity index is 90.5. The van der Waals surface area contributed by atoms with E-state index < -0.39 is 24.9 Å². The fraction of sp³-hybridized carbons (Fsp3) is 1.00. The molecule has 0 saturated heterocycles. The van der Waals surface area contributed by atoms with Crippen molar-refractivity contribution < 1.29 is 29.6 Å². The molecule has 0 unspecified atom stereocenters. The van der Waals surface area contributed by atoms with Gasteiger partial charge in [-0.3, -0.25) is 0 Å². The van der Waals surface area contributed by atoms with E-state index >= 15 is 0 Å². The van der Waals surface area contributed by atoms with Gasteiger partial charge in [-0.25, -0.2) is 0 Å². The standard InChI is InChI=1S/C3H7O.Hg.N3/c1-3-4-2;;1-3-2/h1,3H2,2H3;;/q;+1;-1. The van der Waals surface area contributed by atoms with Crippen molar-refractivity contribution in [1.29, 1.82) is 0 Å². The van der Waals surface area contributed by atoms with Gasteiger partial charge in [-0.15, -0.1) is 0 Å². The van der Waals surface area contributed by atoms with E-state index in [1.54, 1.807) is 7.11 Å². The summed E-state index contributed by atoms with van der Waals surface area (Å²) in [4.78, 5) is 2.68. The molecule has 0 aromatic carbocycles. The van der Waals surface area contributed by atoms with Gasteiger partial charge >= 0.3 is 60.6 Å². The molecule has 0 spiro atoms. The SMILES string of the molecule is COC[CH2][Hg][N]=[N+]=[N-]. The van der Waals surface area contributed by atoms with Crippen molar-refractivity contribution in [3.8, 4) is 0 Å². The van der Waals surface area contributed by atoms with Crippen LogP contribution in [0.3, 0.4) is 0 Å². The number of methoxy groups -OCH3 is 1. The number of hydrogen-bond acceptors (Lipinski definition) is 2. The summed E-state index contributed by atoms with van der Waals surface area (Å²) < 4.78 is 9.32. The van der Waals surface area contributed by atoms with Crippen LogP contribution in [-0.2, 0) is 29.6 Å². The van der Waals surface area contributed by atoms with Crippen molar-refractivity contribution in [1.82, 2.24) is 0 Å².